The highest BCUT2D eigenvalue weighted by Gasteiger charge is 2.19. The molecule has 1 aromatic heterocycles. The Bertz CT molecular complexity index is 952. The van der Waals surface area contributed by atoms with Gasteiger partial charge in [0, 0.05) is 0 Å². The number of hydrogen-bond donors (Lipinski definition) is 1. The average Bonchev–Trinajstić information content (AvgIpc) is 3.10. The van der Waals surface area contributed by atoms with Crippen molar-refractivity contribution in [2.75, 3.05) is 14.2 Å². The number of rotatable bonds is 8. The van der Waals surface area contributed by atoms with Gasteiger partial charge in [0.1, 0.15) is 5.52 Å². The Labute approximate surface area is 164 Å². The average molecular weight is 382 g/mol. The molecule has 28 heavy (non-hydrogen) atoms. The Hall–Kier alpha value is -3.09. The van der Waals surface area contributed by atoms with Crippen LogP contribution in [-0.2, 0) is 17.8 Å². The van der Waals surface area contributed by atoms with E-state index < -0.39 is 0 Å². The molecule has 0 unspecified atom stereocenters. The third-order valence-corrected chi connectivity index (χ3v) is 4.75. The van der Waals surface area contributed by atoms with Gasteiger partial charge in [0.05, 0.1) is 38.7 Å². The van der Waals surface area contributed by atoms with Crippen LogP contribution in [0.2, 0.25) is 0 Å². The van der Waals surface area contributed by atoms with Gasteiger partial charge in [-0.25, -0.2) is 4.68 Å². The highest BCUT2D eigenvalue weighted by Crippen LogP contribution is 2.27. The zero-order chi connectivity index (χ0) is 20.1. The largest absolute Gasteiger partial charge is 0.493 e. The van der Waals surface area contributed by atoms with Gasteiger partial charge in [-0.2, -0.15) is 0 Å². The Kier molecular flexibility index (Phi) is 6.13. The molecule has 148 valence electrons. The predicted octanol–water partition coefficient (Wildman–Crippen LogP) is 2.83. The molecule has 0 radical (unpaired) electrons. The molecule has 1 N–H and O–H groups in total. The number of ether oxygens (including phenoxy) is 2. The summed E-state index contributed by atoms with van der Waals surface area (Å²) in [5.41, 5.74) is 2.67. The Morgan fingerprint density at radius 3 is 2.57 bits per heavy atom. The Morgan fingerprint density at radius 1 is 1.11 bits per heavy atom. The number of amides is 1. The van der Waals surface area contributed by atoms with Gasteiger partial charge in [0.15, 0.2) is 11.5 Å². The van der Waals surface area contributed by atoms with Crippen LogP contribution in [-0.4, -0.2) is 41.2 Å². The third kappa shape index (κ3) is 4.42. The molecule has 0 fully saturated rings. The maximum Gasteiger partial charge on any atom is 0.224 e. The molecule has 7 nitrogen and oxygen atoms in total. The smallest absolute Gasteiger partial charge is 0.224 e. The van der Waals surface area contributed by atoms with Gasteiger partial charge >= 0.3 is 0 Å². The van der Waals surface area contributed by atoms with Gasteiger partial charge in [-0.3, -0.25) is 4.79 Å². The summed E-state index contributed by atoms with van der Waals surface area (Å²) in [6.07, 6.45) is 0.266. The van der Waals surface area contributed by atoms with Crippen LogP contribution in [0.1, 0.15) is 19.4 Å². The number of nitrogens with zero attached hydrogens (tertiary/aromatic N) is 3. The number of para-hydroxylation sites is 1. The molecule has 1 atom stereocenters. The molecule has 3 aromatic rings. The minimum atomic E-state index is -0.0576. The standard InChI is InChI=1S/C21H26N4O3/c1-14(2)17(13-25-18-8-6-5-7-16(18)23-24-25)22-21(26)12-15-9-10-19(27-3)20(11-15)28-4/h5-11,14,17H,12-13H2,1-4H3,(H,22,26)/t17-/m0/s1. The van der Waals surface area contributed by atoms with Gasteiger partial charge < -0.3 is 14.8 Å². The predicted molar refractivity (Wildman–Crippen MR) is 108 cm³/mol. The van der Waals surface area contributed by atoms with Crippen LogP contribution < -0.4 is 14.8 Å². The summed E-state index contributed by atoms with van der Waals surface area (Å²) in [4.78, 5) is 12.6. The van der Waals surface area contributed by atoms with Crippen molar-refractivity contribution in [2.45, 2.75) is 32.9 Å². The first kappa shape index (κ1) is 19.7. The lowest BCUT2D eigenvalue weighted by Crippen LogP contribution is -2.42. The minimum absolute atomic E-state index is 0.0460. The van der Waals surface area contributed by atoms with Gasteiger partial charge in [0.2, 0.25) is 5.91 Å². The number of benzene rings is 2. The fourth-order valence-corrected chi connectivity index (χ4v) is 3.10. The number of nitrogens with one attached hydrogen (secondary N) is 1. The van der Waals surface area contributed by atoms with Crippen molar-refractivity contribution in [3.05, 3.63) is 48.0 Å². The first-order valence-electron chi connectivity index (χ1n) is 9.30. The summed E-state index contributed by atoms with van der Waals surface area (Å²) in [6.45, 7) is 4.73. The van der Waals surface area contributed by atoms with E-state index in [1.807, 2.05) is 47.1 Å². The molecular formula is C21H26N4O3. The van der Waals surface area contributed by atoms with Crippen molar-refractivity contribution in [1.82, 2.24) is 20.3 Å². The maximum atomic E-state index is 12.6. The van der Waals surface area contributed by atoms with E-state index in [1.54, 1.807) is 14.2 Å². The number of carbonyl (C=O) groups excluding carboxylic acids is 1. The monoisotopic (exact) mass is 382 g/mol. The summed E-state index contributed by atoms with van der Waals surface area (Å²) in [6, 6.07) is 13.3. The van der Waals surface area contributed by atoms with Crippen molar-refractivity contribution in [3.8, 4) is 11.5 Å². The van der Waals surface area contributed by atoms with Crippen LogP contribution in [0, 0.1) is 5.92 Å². The summed E-state index contributed by atoms with van der Waals surface area (Å²) in [5, 5.41) is 11.6. The van der Waals surface area contributed by atoms with E-state index in [0.717, 1.165) is 16.6 Å². The number of aromatic nitrogens is 3. The molecule has 0 spiro atoms. The van der Waals surface area contributed by atoms with Crippen molar-refractivity contribution in [3.63, 3.8) is 0 Å². The van der Waals surface area contributed by atoms with Crippen LogP contribution in [0.4, 0.5) is 0 Å². The summed E-state index contributed by atoms with van der Waals surface area (Å²) >= 11 is 0. The lowest BCUT2D eigenvalue weighted by Gasteiger charge is -2.22. The Morgan fingerprint density at radius 2 is 1.86 bits per heavy atom. The van der Waals surface area contributed by atoms with E-state index in [9.17, 15) is 4.79 Å². The van der Waals surface area contributed by atoms with E-state index in [0.29, 0.717) is 18.0 Å². The highest BCUT2D eigenvalue weighted by atomic mass is 16.5. The maximum absolute atomic E-state index is 12.6. The fraction of sp³-hybridized carbons (Fsp3) is 0.381. The zero-order valence-corrected chi connectivity index (χ0v) is 16.7. The van der Waals surface area contributed by atoms with E-state index in [4.69, 9.17) is 9.47 Å². The van der Waals surface area contributed by atoms with Crippen LogP contribution in [0.3, 0.4) is 0 Å². The summed E-state index contributed by atoms with van der Waals surface area (Å²) in [7, 11) is 3.17. The van der Waals surface area contributed by atoms with Crippen molar-refractivity contribution < 1.29 is 14.3 Å². The first-order chi connectivity index (χ1) is 13.5. The second kappa shape index (κ2) is 8.73. The molecule has 0 saturated carbocycles. The molecule has 1 heterocycles. The summed E-state index contributed by atoms with van der Waals surface area (Å²) < 4.78 is 12.4. The van der Waals surface area contributed by atoms with Crippen molar-refractivity contribution in [1.29, 1.82) is 0 Å². The molecule has 0 aliphatic carbocycles. The van der Waals surface area contributed by atoms with Crippen LogP contribution >= 0.6 is 0 Å². The molecular weight excluding hydrogens is 356 g/mol. The lowest BCUT2D eigenvalue weighted by atomic mass is 10.0. The van der Waals surface area contributed by atoms with Crippen molar-refractivity contribution in [2.24, 2.45) is 5.92 Å². The quantitative estimate of drug-likeness (QED) is 0.648. The van der Waals surface area contributed by atoms with Crippen LogP contribution in [0.25, 0.3) is 11.0 Å². The zero-order valence-electron chi connectivity index (χ0n) is 16.7. The molecule has 0 bridgehead atoms. The second-order valence-electron chi connectivity index (χ2n) is 7.04. The van der Waals surface area contributed by atoms with Crippen molar-refractivity contribution >= 4 is 16.9 Å². The van der Waals surface area contributed by atoms with E-state index >= 15 is 0 Å². The molecule has 0 aliphatic heterocycles. The number of fused-ring (bicyclic) bond motifs is 1. The minimum Gasteiger partial charge on any atom is -0.493 e. The lowest BCUT2D eigenvalue weighted by molar-refractivity contribution is -0.121. The first-order valence-corrected chi connectivity index (χ1v) is 9.30. The highest BCUT2D eigenvalue weighted by molar-refractivity contribution is 5.79. The second-order valence-corrected chi connectivity index (χ2v) is 7.04. The Balaban J connectivity index is 1.69. The number of hydrogen-bond acceptors (Lipinski definition) is 5. The third-order valence-electron chi connectivity index (χ3n) is 4.75. The molecule has 2 aromatic carbocycles. The van der Waals surface area contributed by atoms with Gasteiger partial charge in [-0.05, 0) is 35.7 Å². The molecule has 1 amide bonds. The molecule has 7 heteroatoms. The molecule has 0 aliphatic rings. The van der Waals surface area contributed by atoms with Crippen LogP contribution in [0.5, 0.6) is 11.5 Å². The molecule has 3 rings (SSSR count). The normalized spacial score (nSPS) is 12.2. The van der Waals surface area contributed by atoms with Gasteiger partial charge in [-0.1, -0.05) is 37.3 Å². The van der Waals surface area contributed by atoms with E-state index in [-0.39, 0.29) is 24.3 Å². The SMILES string of the molecule is COc1ccc(CC(=O)N[C@@H](Cn2nnc3ccccc32)C(C)C)cc1OC. The number of carbonyl (C=O) groups is 1. The van der Waals surface area contributed by atoms with E-state index in [2.05, 4.69) is 29.5 Å². The molecule has 0 saturated heterocycles. The number of methoxy groups -OCH3 is 2. The van der Waals surface area contributed by atoms with Gasteiger partial charge in [-0.15, -0.1) is 5.10 Å². The topological polar surface area (TPSA) is 78.3 Å². The van der Waals surface area contributed by atoms with Gasteiger partial charge in [0.25, 0.3) is 0 Å². The van der Waals surface area contributed by atoms with Crippen LogP contribution in [0.15, 0.2) is 42.5 Å². The fourth-order valence-electron chi connectivity index (χ4n) is 3.10. The van der Waals surface area contributed by atoms with E-state index in [1.165, 1.54) is 0 Å². The summed E-state index contributed by atoms with van der Waals surface area (Å²) in [5.74, 6) is 1.46.